The van der Waals surface area contributed by atoms with E-state index in [0.29, 0.717) is 17.6 Å². The summed E-state index contributed by atoms with van der Waals surface area (Å²) in [6.07, 6.45) is 3.62. The number of aromatic nitrogens is 1. The van der Waals surface area contributed by atoms with Crippen LogP contribution < -0.4 is 16.2 Å². The molecule has 0 bridgehead atoms. The predicted molar refractivity (Wildman–Crippen MR) is 69.3 cm³/mol. The van der Waals surface area contributed by atoms with Gasteiger partial charge in [0, 0.05) is 19.7 Å². The van der Waals surface area contributed by atoms with Crippen molar-refractivity contribution in [2.24, 2.45) is 11.8 Å². The van der Waals surface area contributed by atoms with Crippen LogP contribution in [0.1, 0.15) is 19.3 Å². The summed E-state index contributed by atoms with van der Waals surface area (Å²) < 4.78 is 0. The number of hydrogen-bond acceptors (Lipinski definition) is 6. The first kappa shape index (κ1) is 12.6. The number of hydrazine groups is 1. The van der Waals surface area contributed by atoms with E-state index in [9.17, 15) is 10.1 Å². The molecule has 1 saturated carbocycles. The van der Waals surface area contributed by atoms with Gasteiger partial charge >= 0.3 is 5.69 Å². The van der Waals surface area contributed by atoms with Crippen molar-refractivity contribution in [2.45, 2.75) is 19.3 Å². The largest absolute Gasteiger partial charge is 0.354 e. The predicted octanol–water partition coefficient (Wildman–Crippen LogP) is 1.51. The van der Waals surface area contributed by atoms with Gasteiger partial charge in [0.2, 0.25) is 5.82 Å². The molecule has 1 aromatic heterocycles. The van der Waals surface area contributed by atoms with E-state index in [-0.39, 0.29) is 5.69 Å². The zero-order valence-corrected chi connectivity index (χ0v) is 10.3. The monoisotopic (exact) mass is 251 g/mol. The van der Waals surface area contributed by atoms with Gasteiger partial charge in [-0.1, -0.05) is 6.42 Å². The van der Waals surface area contributed by atoms with E-state index in [1.54, 1.807) is 0 Å². The SMILES string of the molecule is CN(CC1CCC1)c1nc(NN)ccc1[N+](=O)[O-]. The second-order valence-corrected chi connectivity index (χ2v) is 4.62. The van der Waals surface area contributed by atoms with Crippen LogP contribution in [0.5, 0.6) is 0 Å². The topological polar surface area (TPSA) is 97.3 Å². The van der Waals surface area contributed by atoms with E-state index in [1.807, 2.05) is 11.9 Å². The first-order valence-corrected chi connectivity index (χ1v) is 5.95. The van der Waals surface area contributed by atoms with E-state index in [2.05, 4.69) is 10.4 Å². The highest BCUT2D eigenvalue weighted by Crippen LogP contribution is 2.31. The third-order valence-corrected chi connectivity index (χ3v) is 3.32. The Morgan fingerprint density at radius 3 is 2.83 bits per heavy atom. The molecule has 0 saturated heterocycles. The summed E-state index contributed by atoms with van der Waals surface area (Å²) >= 11 is 0. The van der Waals surface area contributed by atoms with Crippen molar-refractivity contribution in [3.05, 3.63) is 22.2 Å². The van der Waals surface area contributed by atoms with Crippen molar-refractivity contribution in [2.75, 3.05) is 23.9 Å². The van der Waals surface area contributed by atoms with Crippen LogP contribution in [0, 0.1) is 16.0 Å². The average molecular weight is 251 g/mol. The minimum atomic E-state index is -0.417. The molecule has 7 heteroatoms. The number of nitrogen functional groups attached to an aromatic ring is 1. The van der Waals surface area contributed by atoms with Crippen molar-refractivity contribution in [3.63, 3.8) is 0 Å². The van der Waals surface area contributed by atoms with Crippen molar-refractivity contribution < 1.29 is 4.92 Å². The van der Waals surface area contributed by atoms with Crippen LogP contribution >= 0.6 is 0 Å². The van der Waals surface area contributed by atoms with Gasteiger partial charge in [0.1, 0.15) is 5.82 Å². The first-order valence-electron chi connectivity index (χ1n) is 5.95. The Labute approximate surface area is 105 Å². The van der Waals surface area contributed by atoms with Gasteiger partial charge in [-0.2, -0.15) is 0 Å². The second kappa shape index (κ2) is 5.18. The summed E-state index contributed by atoms with van der Waals surface area (Å²) in [5.74, 6) is 6.69. The van der Waals surface area contributed by atoms with Gasteiger partial charge in [-0.3, -0.25) is 10.1 Å². The summed E-state index contributed by atoms with van der Waals surface area (Å²) in [6, 6.07) is 2.92. The van der Waals surface area contributed by atoms with Crippen LogP contribution in [0.2, 0.25) is 0 Å². The summed E-state index contributed by atoms with van der Waals surface area (Å²) in [6.45, 7) is 0.794. The van der Waals surface area contributed by atoms with Crippen LogP contribution in [0.4, 0.5) is 17.3 Å². The Balaban J connectivity index is 2.23. The molecule has 0 aliphatic heterocycles. The van der Waals surface area contributed by atoms with Crippen LogP contribution in [0.25, 0.3) is 0 Å². The lowest BCUT2D eigenvalue weighted by atomic mass is 9.85. The normalized spacial score (nSPS) is 15.0. The summed E-state index contributed by atoms with van der Waals surface area (Å²) in [5.41, 5.74) is 2.42. The van der Waals surface area contributed by atoms with Gasteiger partial charge in [0.15, 0.2) is 0 Å². The average Bonchev–Trinajstić information content (AvgIpc) is 2.32. The lowest BCUT2D eigenvalue weighted by molar-refractivity contribution is -0.384. The maximum Gasteiger partial charge on any atom is 0.311 e. The zero-order valence-electron chi connectivity index (χ0n) is 10.3. The molecule has 0 atom stereocenters. The van der Waals surface area contributed by atoms with Crippen LogP contribution in [0.15, 0.2) is 12.1 Å². The fourth-order valence-corrected chi connectivity index (χ4v) is 2.09. The van der Waals surface area contributed by atoms with Gasteiger partial charge in [-0.05, 0) is 24.8 Å². The van der Waals surface area contributed by atoms with Crippen LogP contribution in [-0.2, 0) is 0 Å². The fraction of sp³-hybridized carbons (Fsp3) is 0.545. The van der Waals surface area contributed by atoms with Crippen molar-refractivity contribution in [1.82, 2.24) is 4.98 Å². The molecule has 1 aliphatic rings. The standard InChI is InChI=1S/C11H17N5O2/c1-15(7-8-3-2-4-8)11-9(16(17)18)5-6-10(13-11)14-12/h5-6,8H,2-4,7,12H2,1H3,(H,13,14). The van der Waals surface area contributed by atoms with E-state index in [0.717, 1.165) is 6.54 Å². The molecule has 1 aliphatic carbocycles. The lowest BCUT2D eigenvalue weighted by Crippen LogP contribution is -2.30. The Hall–Kier alpha value is -1.89. The number of nitro groups is 1. The maximum atomic E-state index is 11.0. The molecule has 0 radical (unpaired) electrons. The lowest BCUT2D eigenvalue weighted by Gasteiger charge is -2.30. The van der Waals surface area contributed by atoms with Crippen molar-refractivity contribution in [1.29, 1.82) is 0 Å². The van der Waals surface area contributed by atoms with Gasteiger partial charge < -0.3 is 10.3 Å². The molecule has 1 fully saturated rings. The molecule has 98 valence electrons. The molecule has 1 heterocycles. The van der Waals surface area contributed by atoms with Crippen LogP contribution in [-0.4, -0.2) is 23.5 Å². The Kier molecular flexibility index (Phi) is 3.61. The molecular formula is C11H17N5O2. The first-order chi connectivity index (χ1) is 8.61. The minimum absolute atomic E-state index is 0.0100. The van der Waals surface area contributed by atoms with Crippen molar-refractivity contribution in [3.8, 4) is 0 Å². The van der Waals surface area contributed by atoms with Crippen LogP contribution in [0.3, 0.4) is 0 Å². The van der Waals surface area contributed by atoms with Gasteiger partial charge in [0.25, 0.3) is 0 Å². The van der Waals surface area contributed by atoms with Crippen molar-refractivity contribution >= 4 is 17.3 Å². The maximum absolute atomic E-state index is 11.0. The Morgan fingerprint density at radius 2 is 2.33 bits per heavy atom. The minimum Gasteiger partial charge on any atom is -0.354 e. The summed E-state index contributed by atoms with van der Waals surface area (Å²) in [4.78, 5) is 16.6. The highest BCUT2D eigenvalue weighted by atomic mass is 16.6. The van der Waals surface area contributed by atoms with E-state index in [1.165, 1.54) is 31.4 Å². The molecule has 2 rings (SSSR count). The molecule has 7 nitrogen and oxygen atoms in total. The molecule has 0 spiro atoms. The molecule has 3 N–H and O–H groups in total. The summed E-state index contributed by atoms with van der Waals surface area (Å²) in [5, 5.41) is 11.0. The highest BCUT2D eigenvalue weighted by Gasteiger charge is 2.24. The number of anilines is 2. The van der Waals surface area contributed by atoms with Gasteiger partial charge in [-0.15, -0.1) is 0 Å². The molecular weight excluding hydrogens is 234 g/mol. The zero-order chi connectivity index (χ0) is 13.1. The number of rotatable bonds is 5. The quantitative estimate of drug-likeness (QED) is 0.467. The van der Waals surface area contributed by atoms with E-state index >= 15 is 0 Å². The molecule has 18 heavy (non-hydrogen) atoms. The number of nitrogens with two attached hydrogens (primary N) is 1. The van der Waals surface area contributed by atoms with Gasteiger partial charge in [-0.25, -0.2) is 10.8 Å². The summed E-state index contributed by atoms with van der Waals surface area (Å²) in [7, 11) is 1.83. The third kappa shape index (κ3) is 2.51. The molecule has 1 aromatic rings. The Morgan fingerprint density at radius 1 is 1.61 bits per heavy atom. The number of hydrogen-bond donors (Lipinski definition) is 2. The van der Waals surface area contributed by atoms with Gasteiger partial charge in [0.05, 0.1) is 4.92 Å². The molecule has 0 aromatic carbocycles. The highest BCUT2D eigenvalue weighted by molar-refractivity contribution is 5.61. The number of nitrogens with one attached hydrogen (secondary N) is 1. The number of pyridine rings is 1. The fourth-order valence-electron chi connectivity index (χ4n) is 2.09. The third-order valence-electron chi connectivity index (χ3n) is 3.32. The Bertz CT molecular complexity index is 447. The second-order valence-electron chi connectivity index (χ2n) is 4.62. The number of nitrogens with zero attached hydrogens (tertiary/aromatic N) is 3. The smallest absolute Gasteiger partial charge is 0.311 e. The molecule has 0 amide bonds. The molecule has 0 unspecified atom stereocenters. The van der Waals surface area contributed by atoms with E-state index in [4.69, 9.17) is 5.84 Å². The van der Waals surface area contributed by atoms with E-state index < -0.39 is 4.92 Å².